The van der Waals surface area contributed by atoms with E-state index in [0.29, 0.717) is 23.7 Å². The van der Waals surface area contributed by atoms with Gasteiger partial charge in [-0.15, -0.1) is 0 Å². The van der Waals surface area contributed by atoms with Gasteiger partial charge in [0.2, 0.25) is 0 Å². The fraction of sp³-hybridized carbons (Fsp3) is 1.00. The Morgan fingerprint density at radius 3 is 2.75 bits per heavy atom. The quantitative estimate of drug-likeness (QED) is 0.810. The van der Waals surface area contributed by atoms with Gasteiger partial charge in [-0.3, -0.25) is 0 Å². The molecule has 3 rings (SSSR count). The summed E-state index contributed by atoms with van der Waals surface area (Å²) >= 11 is 0. The van der Waals surface area contributed by atoms with Crippen LogP contribution >= 0.6 is 0 Å². The van der Waals surface area contributed by atoms with Crippen molar-refractivity contribution in [2.24, 2.45) is 5.41 Å². The Bertz CT molecular complexity index is 295. The first-order valence-electron chi connectivity index (χ1n) is 8.82. The normalized spacial score (nSPS) is 36.1. The van der Waals surface area contributed by atoms with Crippen LogP contribution in [0.5, 0.6) is 0 Å². The van der Waals surface area contributed by atoms with Gasteiger partial charge in [-0.1, -0.05) is 26.2 Å². The van der Waals surface area contributed by atoms with Crippen LogP contribution in [-0.2, 0) is 9.47 Å². The zero-order valence-corrected chi connectivity index (χ0v) is 13.0. The topological polar surface area (TPSA) is 30.5 Å². The lowest BCUT2D eigenvalue weighted by molar-refractivity contribution is -0.165. The molecule has 2 aliphatic carbocycles. The Balaban J connectivity index is 1.53. The Kier molecular flexibility index (Phi) is 5.00. The first-order chi connectivity index (χ1) is 9.85. The van der Waals surface area contributed by atoms with Crippen molar-refractivity contribution in [1.29, 1.82) is 0 Å². The van der Waals surface area contributed by atoms with Gasteiger partial charge in [0, 0.05) is 18.1 Å². The first kappa shape index (κ1) is 14.8. The van der Waals surface area contributed by atoms with Gasteiger partial charge in [-0.2, -0.15) is 0 Å². The SMILES string of the molecule is CCCNC1CC(OCC2CCCO2)C12CCCCC2. The molecule has 3 nitrogen and oxygen atoms in total. The second-order valence-corrected chi connectivity index (χ2v) is 6.99. The van der Waals surface area contributed by atoms with Crippen molar-refractivity contribution in [1.82, 2.24) is 5.32 Å². The molecule has 3 unspecified atom stereocenters. The lowest BCUT2D eigenvalue weighted by atomic mass is 9.55. The van der Waals surface area contributed by atoms with Crippen molar-refractivity contribution in [2.75, 3.05) is 19.8 Å². The second kappa shape index (κ2) is 6.76. The molecule has 3 heteroatoms. The van der Waals surface area contributed by atoms with Crippen molar-refractivity contribution in [3.05, 3.63) is 0 Å². The van der Waals surface area contributed by atoms with E-state index in [1.54, 1.807) is 0 Å². The van der Waals surface area contributed by atoms with E-state index in [2.05, 4.69) is 12.2 Å². The number of hydrogen-bond donors (Lipinski definition) is 1. The fourth-order valence-electron chi connectivity index (χ4n) is 4.47. The summed E-state index contributed by atoms with van der Waals surface area (Å²) in [5, 5.41) is 3.78. The highest BCUT2D eigenvalue weighted by Crippen LogP contribution is 2.53. The molecule has 1 heterocycles. The van der Waals surface area contributed by atoms with Gasteiger partial charge in [0.1, 0.15) is 0 Å². The van der Waals surface area contributed by atoms with Crippen LogP contribution in [0.25, 0.3) is 0 Å². The van der Waals surface area contributed by atoms with E-state index in [4.69, 9.17) is 9.47 Å². The molecular formula is C17H31NO2. The van der Waals surface area contributed by atoms with Crippen LogP contribution in [0.15, 0.2) is 0 Å². The van der Waals surface area contributed by atoms with E-state index in [-0.39, 0.29) is 0 Å². The van der Waals surface area contributed by atoms with Crippen molar-refractivity contribution in [2.45, 2.75) is 83.0 Å². The molecule has 2 saturated carbocycles. The highest BCUT2D eigenvalue weighted by atomic mass is 16.5. The van der Waals surface area contributed by atoms with Crippen molar-refractivity contribution in [3.63, 3.8) is 0 Å². The third-order valence-electron chi connectivity index (χ3n) is 5.72. The molecule has 1 aliphatic heterocycles. The van der Waals surface area contributed by atoms with Gasteiger partial charge in [0.05, 0.1) is 18.8 Å². The minimum atomic E-state index is 0.373. The maximum atomic E-state index is 6.30. The number of nitrogens with one attached hydrogen (secondary N) is 1. The highest BCUT2D eigenvalue weighted by molar-refractivity contribution is 5.08. The van der Waals surface area contributed by atoms with Crippen LogP contribution < -0.4 is 5.32 Å². The van der Waals surface area contributed by atoms with E-state index >= 15 is 0 Å². The maximum Gasteiger partial charge on any atom is 0.0809 e. The Morgan fingerprint density at radius 1 is 1.20 bits per heavy atom. The Labute approximate surface area is 123 Å². The summed E-state index contributed by atoms with van der Waals surface area (Å²) in [6.45, 7) is 5.17. The molecule has 1 N–H and O–H groups in total. The predicted octanol–water partition coefficient (Wildman–Crippen LogP) is 3.27. The summed E-state index contributed by atoms with van der Waals surface area (Å²) in [4.78, 5) is 0. The molecule has 0 aromatic carbocycles. The van der Waals surface area contributed by atoms with Crippen LogP contribution in [0, 0.1) is 5.41 Å². The lowest BCUT2D eigenvalue weighted by Crippen LogP contribution is -2.64. The molecule has 0 bridgehead atoms. The predicted molar refractivity (Wildman–Crippen MR) is 80.9 cm³/mol. The average molecular weight is 281 g/mol. The maximum absolute atomic E-state index is 6.30. The van der Waals surface area contributed by atoms with Crippen molar-refractivity contribution in [3.8, 4) is 0 Å². The summed E-state index contributed by atoms with van der Waals surface area (Å²) in [6.07, 6.45) is 12.6. The molecule has 1 spiro atoms. The van der Waals surface area contributed by atoms with Gasteiger partial charge < -0.3 is 14.8 Å². The second-order valence-electron chi connectivity index (χ2n) is 6.99. The van der Waals surface area contributed by atoms with Crippen LogP contribution in [0.4, 0.5) is 0 Å². The molecular weight excluding hydrogens is 250 g/mol. The molecule has 0 aromatic heterocycles. The van der Waals surface area contributed by atoms with Crippen molar-refractivity contribution < 1.29 is 9.47 Å². The average Bonchev–Trinajstić information content (AvgIpc) is 3.00. The van der Waals surface area contributed by atoms with Crippen molar-refractivity contribution >= 4 is 0 Å². The molecule has 1 saturated heterocycles. The summed E-state index contributed by atoms with van der Waals surface area (Å²) in [5.74, 6) is 0. The van der Waals surface area contributed by atoms with Gasteiger partial charge in [0.25, 0.3) is 0 Å². The third kappa shape index (κ3) is 2.90. The van der Waals surface area contributed by atoms with E-state index < -0.39 is 0 Å². The Morgan fingerprint density at radius 2 is 2.05 bits per heavy atom. The molecule has 0 aromatic rings. The fourth-order valence-corrected chi connectivity index (χ4v) is 4.47. The third-order valence-corrected chi connectivity index (χ3v) is 5.72. The monoisotopic (exact) mass is 281 g/mol. The summed E-state index contributed by atoms with van der Waals surface area (Å²) in [7, 11) is 0. The molecule has 0 amide bonds. The minimum absolute atomic E-state index is 0.373. The van der Waals surface area contributed by atoms with Gasteiger partial charge in [0.15, 0.2) is 0 Å². The van der Waals surface area contributed by atoms with Gasteiger partial charge >= 0.3 is 0 Å². The van der Waals surface area contributed by atoms with Crippen LogP contribution in [0.2, 0.25) is 0 Å². The number of ether oxygens (including phenoxy) is 2. The van der Waals surface area contributed by atoms with Gasteiger partial charge in [-0.25, -0.2) is 0 Å². The van der Waals surface area contributed by atoms with Gasteiger partial charge in [-0.05, 0) is 45.1 Å². The molecule has 20 heavy (non-hydrogen) atoms. The molecule has 3 atom stereocenters. The zero-order valence-electron chi connectivity index (χ0n) is 13.0. The summed E-state index contributed by atoms with van der Waals surface area (Å²) < 4.78 is 12.0. The number of rotatable bonds is 6. The zero-order chi connectivity index (χ0) is 13.8. The highest BCUT2D eigenvalue weighted by Gasteiger charge is 2.55. The minimum Gasteiger partial charge on any atom is -0.376 e. The standard InChI is InChI=1S/C17H31NO2/c1-2-10-18-15-12-16(17(15)8-4-3-5-9-17)20-13-14-7-6-11-19-14/h14-16,18H,2-13H2,1H3. The molecule has 3 aliphatic rings. The number of hydrogen-bond acceptors (Lipinski definition) is 3. The van der Waals surface area contributed by atoms with E-state index in [1.807, 2.05) is 0 Å². The van der Waals surface area contributed by atoms with Crippen LogP contribution in [0.1, 0.15) is 64.7 Å². The van der Waals surface area contributed by atoms with Crippen LogP contribution in [-0.4, -0.2) is 38.0 Å². The summed E-state index contributed by atoms with van der Waals surface area (Å²) in [5.41, 5.74) is 0.450. The molecule has 3 fully saturated rings. The smallest absolute Gasteiger partial charge is 0.0809 e. The van der Waals surface area contributed by atoms with E-state index in [9.17, 15) is 0 Å². The van der Waals surface area contributed by atoms with Crippen LogP contribution in [0.3, 0.4) is 0 Å². The molecule has 116 valence electrons. The van der Waals surface area contributed by atoms with E-state index in [1.165, 1.54) is 57.8 Å². The largest absolute Gasteiger partial charge is 0.376 e. The summed E-state index contributed by atoms with van der Waals surface area (Å²) in [6, 6.07) is 0.706. The van der Waals surface area contributed by atoms with E-state index in [0.717, 1.165) is 19.8 Å². The molecule has 0 radical (unpaired) electrons. The first-order valence-corrected chi connectivity index (χ1v) is 8.82. The lowest BCUT2D eigenvalue weighted by Gasteiger charge is -2.58. The Hall–Kier alpha value is -0.120.